The summed E-state index contributed by atoms with van der Waals surface area (Å²) in [7, 11) is 0. The number of hydrogen-bond donors (Lipinski definition) is 1. The zero-order valence-electron chi connectivity index (χ0n) is 14.6. The van der Waals surface area contributed by atoms with Crippen molar-refractivity contribution in [1.29, 1.82) is 0 Å². The molecular weight excluding hydrogens is 335 g/mol. The molecule has 2 fully saturated rings. The molecule has 2 aliphatic rings. The van der Waals surface area contributed by atoms with Gasteiger partial charge in [0.2, 0.25) is 0 Å². The van der Waals surface area contributed by atoms with E-state index in [0.29, 0.717) is 35.3 Å². The molecule has 1 aliphatic heterocycles. The van der Waals surface area contributed by atoms with E-state index in [0.717, 1.165) is 18.5 Å². The van der Waals surface area contributed by atoms with Crippen molar-refractivity contribution < 1.29 is 19.1 Å². The van der Waals surface area contributed by atoms with E-state index in [2.05, 4.69) is 4.98 Å². The maximum absolute atomic E-state index is 13.8. The molecule has 0 spiro atoms. The number of hydrogen-bond acceptors (Lipinski definition) is 3. The molecule has 1 N–H and O–H groups in total. The van der Waals surface area contributed by atoms with Gasteiger partial charge in [-0.2, -0.15) is 0 Å². The molecule has 0 bridgehead atoms. The van der Waals surface area contributed by atoms with E-state index in [1.807, 2.05) is 6.92 Å². The van der Waals surface area contributed by atoms with E-state index in [-0.39, 0.29) is 18.4 Å². The second-order valence-corrected chi connectivity index (χ2v) is 7.62. The number of pyridine rings is 1. The molecule has 4 rings (SSSR count). The van der Waals surface area contributed by atoms with Crippen LogP contribution in [0.5, 0.6) is 0 Å². The number of carbonyl (C=O) groups is 2. The number of rotatable bonds is 3. The number of amides is 1. The maximum Gasteiger partial charge on any atom is 0.308 e. The van der Waals surface area contributed by atoms with Gasteiger partial charge in [-0.05, 0) is 49.4 Å². The lowest BCUT2D eigenvalue weighted by Crippen LogP contribution is -2.45. The topological polar surface area (TPSA) is 70.5 Å². The summed E-state index contributed by atoms with van der Waals surface area (Å²) in [6, 6.07) is 6.07. The van der Waals surface area contributed by atoms with E-state index in [9.17, 15) is 19.1 Å². The molecular formula is C20H21FN2O3. The number of carbonyl (C=O) groups excluding carboxylic acids is 1. The van der Waals surface area contributed by atoms with Crippen molar-refractivity contribution in [2.45, 2.75) is 32.1 Å². The van der Waals surface area contributed by atoms with Crippen molar-refractivity contribution in [3.8, 4) is 0 Å². The van der Waals surface area contributed by atoms with E-state index < -0.39 is 17.7 Å². The predicted molar refractivity (Wildman–Crippen MR) is 94.5 cm³/mol. The first kappa shape index (κ1) is 16.9. The molecule has 5 nitrogen and oxygen atoms in total. The van der Waals surface area contributed by atoms with Crippen molar-refractivity contribution in [1.82, 2.24) is 9.88 Å². The number of benzene rings is 1. The minimum absolute atomic E-state index is 0.113. The Kier molecular flexibility index (Phi) is 4.13. The molecule has 2 unspecified atom stereocenters. The van der Waals surface area contributed by atoms with Crippen molar-refractivity contribution in [3.63, 3.8) is 0 Å². The van der Waals surface area contributed by atoms with Gasteiger partial charge < -0.3 is 10.0 Å². The molecule has 1 saturated heterocycles. The molecule has 26 heavy (non-hydrogen) atoms. The second-order valence-electron chi connectivity index (χ2n) is 7.62. The smallest absolute Gasteiger partial charge is 0.308 e. The monoisotopic (exact) mass is 356 g/mol. The highest BCUT2D eigenvalue weighted by Gasteiger charge is 2.34. The van der Waals surface area contributed by atoms with Crippen molar-refractivity contribution in [2.75, 3.05) is 13.1 Å². The minimum Gasteiger partial charge on any atom is -0.481 e. The molecule has 1 aromatic carbocycles. The summed E-state index contributed by atoms with van der Waals surface area (Å²) in [5, 5.41) is 9.85. The maximum atomic E-state index is 13.8. The number of aliphatic carboxylic acids is 1. The van der Waals surface area contributed by atoms with Gasteiger partial charge in [0.25, 0.3) is 5.91 Å². The summed E-state index contributed by atoms with van der Waals surface area (Å²) in [4.78, 5) is 30.8. The van der Waals surface area contributed by atoms with E-state index in [4.69, 9.17) is 0 Å². The molecule has 2 atom stereocenters. The van der Waals surface area contributed by atoms with Gasteiger partial charge in [-0.25, -0.2) is 4.39 Å². The van der Waals surface area contributed by atoms with Crippen LogP contribution in [0.4, 0.5) is 4.39 Å². The highest BCUT2D eigenvalue weighted by atomic mass is 19.1. The van der Waals surface area contributed by atoms with Gasteiger partial charge in [-0.15, -0.1) is 0 Å². The van der Waals surface area contributed by atoms with Crippen LogP contribution in [0.1, 0.15) is 48.2 Å². The minimum atomic E-state index is -0.876. The number of likely N-dealkylation sites (tertiary alicyclic amines) is 1. The van der Waals surface area contributed by atoms with Crippen molar-refractivity contribution >= 4 is 22.8 Å². The fraction of sp³-hybridized carbons (Fsp3) is 0.450. The average molecular weight is 356 g/mol. The van der Waals surface area contributed by atoms with Gasteiger partial charge >= 0.3 is 5.97 Å². The van der Waals surface area contributed by atoms with Gasteiger partial charge in [0.05, 0.1) is 17.0 Å². The standard InChI is InChI=1S/C20H21FN2O3/c1-11-6-13(20(25)26)10-23(9-11)19(24)16-8-18(12-2-3-12)22-17-5-4-14(21)7-15(16)17/h4-5,7-8,11-13H,2-3,6,9-10H2,1H3,(H,25,26). The van der Waals surface area contributed by atoms with Gasteiger partial charge in [-0.3, -0.25) is 14.6 Å². The molecule has 2 heterocycles. The largest absolute Gasteiger partial charge is 0.481 e. The lowest BCUT2D eigenvalue weighted by molar-refractivity contribution is -0.143. The van der Waals surface area contributed by atoms with Crippen molar-refractivity contribution in [3.05, 3.63) is 41.3 Å². The third kappa shape index (κ3) is 3.16. The Morgan fingerprint density at radius 1 is 1.23 bits per heavy atom. The van der Waals surface area contributed by atoms with E-state index >= 15 is 0 Å². The van der Waals surface area contributed by atoms with Crippen LogP contribution in [0.3, 0.4) is 0 Å². The second kappa shape index (κ2) is 6.34. The molecule has 1 aromatic heterocycles. The fourth-order valence-electron chi connectivity index (χ4n) is 3.85. The molecule has 136 valence electrons. The highest BCUT2D eigenvalue weighted by molar-refractivity contribution is 6.06. The number of halogens is 1. The number of piperidine rings is 1. The van der Waals surface area contributed by atoms with Crippen LogP contribution in [0, 0.1) is 17.7 Å². The number of carboxylic acids is 1. The van der Waals surface area contributed by atoms with Gasteiger partial charge in [0, 0.05) is 30.1 Å². The Morgan fingerprint density at radius 2 is 2.00 bits per heavy atom. The number of aromatic nitrogens is 1. The molecule has 0 radical (unpaired) electrons. The summed E-state index contributed by atoms with van der Waals surface area (Å²) in [5.41, 5.74) is 1.90. The Hall–Kier alpha value is -2.50. The Bertz CT molecular complexity index is 894. The SMILES string of the molecule is CC1CC(C(=O)O)CN(C(=O)c2cc(C3CC3)nc3ccc(F)cc23)C1. The van der Waals surface area contributed by atoms with Crippen molar-refractivity contribution in [2.24, 2.45) is 11.8 Å². The van der Waals surface area contributed by atoms with Crippen LogP contribution in [0.25, 0.3) is 10.9 Å². The molecule has 1 aliphatic carbocycles. The Labute approximate surface area is 150 Å². The molecule has 2 aromatic rings. The van der Waals surface area contributed by atoms with Gasteiger partial charge in [-0.1, -0.05) is 6.92 Å². The molecule has 1 amide bonds. The first-order valence-electron chi connectivity index (χ1n) is 9.04. The van der Waals surface area contributed by atoms with Crippen LogP contribution >= 0.6 is 0 Å². The zero-order valence-corrected chi connectivity index (χ0v) is 14.6. The molecule has 1 saturated carbocycles. The van der Waals surface area contributed by atoms with Gasteiger partial charge in [0.1, 0.15) is 5.82 Å². The summed E-state index contributed by atoms with van der Waals surface area (Å²) >= 11 is 0. The number of nitrogens with zero attached hydrogens (tertiary/aromatic N) is 2. The highest BCUT2D eigenvalue weighted by Crippen LogP contribution is 2.40. The zero-order chi connectivity index (χ0) is 18.4. The Balaban J connectivity index is 1.75. The first-order valence-corrected chi connectivity index (χ1v) is 9.04. The third-order valence-electron chi connectivity index (χ3n) is 5.31. The van der Waals surface area contributed by atoms with Gasteiger partial charge in [0.15, 0.2) is 0 Å². The quantitative estimate of drug-likeness (QED) is 0.915. The Morgan fingerprint density at radius 3 is 2.69 bits per heavy atom. The van der Waals surface area contributed by atoms with Crippen LogP contribution in [0.15, 0.2) is 24.3 Å². The summed E-state index contributed by atoms with van der Waals surface area (Å²) in [5.74, 6) is -1.61. The predicted octanol–water partition coefficient (Wildman–Crippen LogP) is 3.43. The fourth-order valence-corrected chi connectivity index (χ4v) is 3.85. The third-order valence-corrected chi connectivity index (χ3v) is 5.31. The molecule has 6 heteroatoms. The van der Waals surface area contributed by atoms with Crippen LogP contribution < -0.4 is 0 Å². The number of carboxylic acid groups (broad SMARTS) is 1. The summed E-state index contributed by atoms with van der Waals surface area (Å²) in [6.07, 6.45) is 2.67. The summed E-state index contributed by atoms with van der Waals surface area (Å²) < 4.78 is 13.8. The van der Waals surface area contributed by atoms with Crippen LogP contribution in [0.2, 0.25) is 0 Å². The number of fused-ring (bicyclic) bond motifs is 1. The normalized spacial score (nSPS) is 23.2. The van der Waals surface area contributed by atoms with Crippen LogP contribution in [-0.2, 0) is 4.79 Å². The van der Waals surface area contributed by atoms with Crippen LogP contribution in [-0.4, -0.2) is 40.0 Å². The van der Waals surface area contributed by atoms with E-state index in [1.54, 1.807) is 17.0 Å². The first-order chi connectivity index (χ1) is 12.4. The lowest BCUT2D eigenvalue weighted by atomic mass is 9.90. The van der Waals surface area contributed by atoms with E-state index in [1.165, 1.54) is 12.1 Å². The summed E-state index contributed by atoms with van der Waals surface area (Å²) in [6.45, 7) is 2.66. The average Bonchev–Trinajstić information content (AvgIpc) is 3.44. The lowest BCUT2D eigenvalue weighted by Gasteiger charge is -2.35.